The molecular formula is C8H20AlO. The van der Waals surface area contributed by atoms with Crippen LogP contribution in [0.2, 0.25) is 10.6 Å². The Morgan fingerprint density at radius 1 is 0.900 bits per heavy atom. The second-order valence-corrected chi connectivity index (χ2v) is 4.10. The van der Waals surface area contributed by atoms with Crippen LogP contribution in [0.15, 0.2) is 0 Å². The van der Waals surface area contributed by atoms with Crippen LogP contribution < -0.4 is 0 Å². The van der Waals surface area contributed by atoms with E-state index in [-0.39, 0.29) is 0 Å². The molecule has 0 aliphatic carbocycles. The summed E-state index contributed by atoms with van der Waals surface area (Å²) in [5.74, 6) is 0. The Hall–Kier alpha value is 0.492. The van der Waals surface area contributed by atoms with Crippen LogP contribution >= 0.6 is 0 Å². The Labute approximate surface area is 71.9 Å². The van der Waals surface area contributed by atoms with Gasteiger partial charge in [-0.05, 0) is 13.8 Å². The Morgan fingerprint density at radius 2 is 1.30 bits per heavy atom. The third-order valence-electron chi connectivity index (χ3n) is 0.986. The van der Waals surface area contributed by atoms with Crippen molar-refractivity contribution in [1.82, 2.24) is 0 Å². The summed E-state index contributed by atoms with van der Waals surface area (Å²) >= 11 is 0.815. The van der Waals surface area contributed by atoms with Crippen molar-refractivity contribution >= 4 is 15.2 Å². The van der Waals surface area contributed by atoms with Gasteiger partial charge in [-0.1, -0.05) is 13.8 Å². The zero-order valence-corrected chi connectivity index (χ0v) is 8.97. The van der Waals surface area contributed by atoms with Crippen molar-refractivity contribution in [3.63, 3.8) is 0 Å². The van der Waals surface area contributed by atoms with Gasteiger partial charge >= 0.3 is 0 Å². The van der Waals surface area contributed by atoms with Gasteiger partial charge in [0.25, 0.3) is 0 Å². The Kier molecular flexibility index (Phi) is 21.3. The van der Waals surface area contributed by atoms with Crippen molar-refractivity contribution < 1.29 is 4.74 Å². The largest absolute Gasteiger partial charge is 0.382 e. The fraction of sp³-hybridized carbons (Fsp3) is 1.00. The van der Waals surface area contributed by atoms with Gasteiger partial charge in [0.2, 0.25) is 0 Å². The third kappa shape index (κ3) is 23.6. The summed E-state index contributed by atoms with van der Waals surface area (Å²) in [5.41, 5.74) is 0. The van der Waals surface area contributed by atoms with Crippen LogP contribution in [0.5, 0.6) is 0 Å². The van der Waals surface area contributed by atoms with E-state index in [1.165, 1.54) is 10.6 Å². The monoisotopic (exact) mass is 159 g/mol. The van der Waals surface area contributed by atoms with Gasteiger partial charge in [0.15, 0.2) is 15.2 Å². The molecule has 0 amide bonds. The molecule has 61 valence electrons. The van der Waals surface area contributed by atoms with Crippen LogP contribution in [0.1, 0.15) is 27.7 Å². The predicted molar refractivity (Wildman–Crippen MR) is 48.9 cm³/mol. The lowest BCUT2D eigenvalue weighted by atomic mass is 10.8. The molecule has 0 rings (SSSR count). The lowest BCUT2D eigenvalue weighted by Gasteiger charge is -1.86. The molecule has 0 aromatic carbocycles. The zero-order chi connectivity index (χ0) is 8.24. The van der Waals surface area contributed by atoms with Crippen molar-refractivity contribution in [2.24, 2.45) is 0 Å². The molecule has 0 aromatic heterocycles. The van der Waals surface area contributed by atoms with E-state index in [4.69, 9.17) is 4.74 Å². The molecule has 10 heavy (non-hydrogen) atoms. The molecular weight excluding hydrogens is 139 g/mol. The predicted octanol–water partition coefficient (Wildman–Crippen LogP) is 2.61. The summed E-state index contributed by atoms with van der Waals surface area (Å²) in [6, 6.07) is 0. The minimum atomic E-state index is 0.815. The van der Waals surface area contributed by atoms with E-state index >= 15 is 0 Å². The number of rotatable bonds is 4. The number of hydrogen-bond acceptors (Lipinski definition) is 1. The molecule has 1 radical (unpaired) electrons. The van der Waals surface area contributed by atoms with E-state index in [0.717, 1.165) is 28.4 Å². The van der Waals surface area contributed by atoms with Crippen LogP contribution in [0.3, 0.4) is 0 Å². The van der Waals surface area contributed by atoms with Crippen molar-refractivity contribution in [3.8, 4) is 0 Å². The molecule has 0 N–H and O–H groups in total. The second-order valence-electron chi connectivity index (χ2n) is 1.89. The van der Waals surface area contributed by atoms with Crippen LogP contribution in [0.25, 0.3) is 0 Å². The number of hydrogen-bond donors (Lipinski definition) is 0. The standard InChI is InChI=1S/C4H10O.2C2H5.Al/c1-3-5-4-2;2*1-2;/h3-4H2,1-2H3;2*1H2,2H3;. The lowest BCUT2D eigenvalue weighted by Crippen LogP contribution is -1.84. The fourth-order valence-electron chi connectivity index (χ4n) is 0.493. The first kappa shape index (κ1) is 13.1. The summed E-state index contributed by atoms with van der Waals surface area (Å²) in [4.78, 5) is 0. The summed E-state index contributed by atoms with van der Waals surface area (Å²) < 4.78 is 4.83. The zero-order valence-electron chi connectivity index (χ0n) is 7.81. The first-order valence-electron chi connectivity index (χ1n) is 4.22. The summed E-state index contributed by atoms with van der Waals surface area (Å²) in [6.07, 6.45) is 0. The highest BCUT2D eigenvalue weighted by Gasteiger charge is 1.74. The maximum atomic E-state index is 4.83. The Bertz CT molecular complexity index is 30.2. The molecule has 0 saturated heterocycles. The molecule has 0 fully saturated rings. The van der Waals surface area contributed by atoms with Crippen molar-refractivity contribution in [1.29, 1.82) is 0 Å². The number of ether oxygens (including phenoxy) is 1. The van der Waals surface area contributed by atoms with E-state index in [2.05, 4.69) is 13.8 Å². The first-order chi connectivity index (χ1) is 4.83. The van der Waals surface area contributed by atoms with Crippen molar-refractivity contribution in [2.45, 2.75) is 38.3 Å². The van der Waals surface area contributed by atoms with Gasteiger partial charge in [0, 0.05) is 13.2 Å². The molecule has 0 heterocycles. The van der Waals surface area contributed by atoms with Crippen LogP contribution in [-0.4, -0.2) is 28.4 Å². The first-order valence-corrected chi connectivity index (χ1v) is 5.86. The molecule has 0 spiro atoms. The molecule has 0 saturated carbocycles. The van der Waals surface area contributed by atoms with E-state index in [0.29, 0.717) is 0 Å². The lowest BCUT2D eigenvalue weighted by molar-refractivity contribution is 0.162. The van der Waals surface area contributed by atoms with Gasteiger partial charge in [-0.3, -0.25) is 0 Å². The van der Waals surface area contributed by atoms with Gasteiger partial charge in [0.1, 0.15) is 0 Å². The van der Waals surface area contributed by atoms with Crippen LogP contribution in [0, 0.1) is 0 Å². The van der Waals surface area contributed by atoms with Crippen LogP contribution in [-0.2, 0) is 4.74 Å². The third-order valence-corrected chi connectivity index (χ3v) is 2.14. The van der Waals surface area contributed by atoms with E-state index < -0.39 is 0 Å². The topological polar surface area (TPSA) is 9.23 Å². The van der Waals surface area contributed by atoms with E-state index in [9.17, 15) is 0 Å². The second kappa shape index (κ2) is 16.2. The van der Waals surface area contributed by atoms with Crippen molar-refractivity contribution in [3.05, 3.63) is 0 Å². The summed E-state index contributed by atoms with van der Waals surface area (Å²) in [7, 11) is 0. The Balaban J connectivity index is 0. The van der Waals surface area contributed by atoms with Gasteiger partial charge in [0.05, 0.1) is 0 Å². The molecule has 1 nitrogen and oxygen atoms in total. The summed E-state index contributed by atoms with van der Waals surface area (Å²) in [5, 5.41) is 2.85. The minimum Gasteiger partial charge on any atom is -0.382 e. The average Bonchev–Trinajstić information content (AvgIpc) is 1.93. The SMILES string of the molecule is CCOCC.C[CH2][Al][CH2]C. The van der Waals surface area contributed by atoms with Crippen molar-refractivity contribution in [2.75, 3.05) is 13.2 Å². The smallest absolute Gasteiger partial charge is 0.198 e. The highest BCUT2D eigenvalue weighted by molar-refractivity contribution is 6.34. The van der Waals surface area contributed by atoms with E-state index in [1.54, 1.807) is 0 Å². The summed E-state index contributed by atoms with van der Waals surface area (Å²) in [6.45, 7) is 10.2. The van der Waals surface area contributed by atoms with Gasteiger partial charge < -0.3 is 4.74 Å². The highest BCUT2D eigenvalue weighted by atomic mass is 27.1. The maximum Gasteiger partial charge on any atom is 0.198 e. The van der Waals surface area contributed by atoms with Gasteiger partial charge in [-0.25, -0.2) is 0 Å². The fourth-order valence-corrected chi connectivity index (χ4v) is 1.07. The molecule has 0 bridgehead atoms. The van der Waals surface area contributed by atoms with E-state index in [1.807, 2.05) is 13.8 Å². The highest BCUT2D eigenvalue weighted by Crippen LogP contribution is 1.77. The quantitative estimate of drug-likeness (QED) is 0.573. The van der Waals surface area contributed by atoms with Gasteiger partial charge in [-0.2, -0.15) is 0 Å². The molecule has 0 aliphatic heterocycles. The Morgan fingerprint density at radius 3 is 1.30 bits per heavy atom. The molecule has 0 aliphatic rings. The normalized spacial score (nSPS) is 8.00. The molecule has 0 aromatic rings. The minimum absolute atomic E-state index is 0.815. The molecule has 0 unspecified atom stereocenters. The van der Waals surface area contributed by atoms with Gasteiger partial charge in [-0.15, -0.1) is 10.6 Å². The molecule has 2 heteroatoms. The average molecular weight is 159 g/mol. The maximum absolute atomic E-state index is 4.83. The molecule has 0 atom stereocenters. The van der Waals surface area contributed by atoms with Crippen LogP contribution in [0.4, 0.5) is 0 Å².